The van der Waals surface area contributed by atoms with E-state index in [1.54, 1.807) is 0 Å². The van der Waals surface area contributed by atoms with Crippen molar-refractivity contribution in [1.29, 1.82) is 0 Å². The SMILES string of the molecule is CC(C)(C)CCn1cc(CCN)c2ccc(Cl)cc21. The molecule has 0 amide bonds. The first-order valence-electron chi connectivity index (χ1n) is 6.88. The molecule has 0 atom stereocenters. The molecule has 0 radical (unpaired) electrons. The molecule has 1 heterocycles. The fourth-order valence-corrected chi connectivity index (χ4v) is 2.50. The second-order valence-electron chi connectivity index (χ2n) is 6.36. The molecule has 3 heteroatoms. The molecule has 0 aliphatic rings. The lowest BCUT2D eigenvalue weighted by Crippen LogP contribution is -2.09. The van der Waals surface area contributed by atoms with Crippen LogP contribution in [0, 0.1) is 5.41 Å². The molecule has 104 valence electrons. The highest BCUT2D eigenvalue weighted by molar-refractivity contribution is 6.31. The van der Waals surface area contributed by atoms with Gasteiger partial charge in [0.1, 0.15) is 0 Å². The van der Waals surface area contributed by atoms with Crippen molar-refractivity contribution in [2.24, 2.45) is 11.1 Å². The van der Waals surface area contributed by atoms with Crippen molar-refractivity contribution in [1.82, 2.24) is 4.57 Å². The predicted molar refractivity (Wildman–Crippen MR) is 83.8 cm³/mol. The van der Waals surface area contributed by atoms with Gasteiger partial charge in [0, 0.05) is 28.7 Å². The van der Waals surface area contributed by atoms with Crippen LogP contribution in [0.5, 0.6) is 0 Å². The van der Waals surface area contributed by atoms with Crippen molar-refractivity contribution < 1.29 is 0 Å². The number of rotatable bonds is 4. The zero-order valence-electron chi connectivity index (χ0n) is 12.0. The van der Waals surface area contributed by atoms with E-state index in [0.717, 1.165) is 24.4 Å². The maximum absolute atomic E-state index is 6.13. The highest BCUT2D eigenvalue weighted by Crippen LogP contribution is 2.27. The summed E-state index contributed by atoms with van der Waals surface area (Å²) in [5, 5.41) is 2.07. The number of halogens is 1. The fraction of sp³-hybridized carbons (Fsp3) is 0.500. The van der Waals surface area contributed by atoms with Crippen molar-refractivity contribution in [2.45, 2.75) is 40.2 Å². The zero-order chi connectivity index (χ0) is 14.0. The monoisotopic (exact) mass is 278 g/mol. The Bertz CT molecular complexity index is 564. The third-order valence-electron chi connectivity index (χ3n) is 3.44. The normalized spacial score (nSPS) is 12.3. The van der Waals surface area contributed by atoms with Crippen molar-refractivity contribution in [3.63, 3.8) is 0 Å². The van der Waals surface area contributed by atoms with Gasteiger partial charge in [-0.05, 0) is 42.5 Å². The lowest BCUT2D eigenvalue weighted by molar-refractivity contribution is 0.353. The molecule has 0 saturated carbocycles. The highest BCUT2D eigenvalue weighted by atomic mass is 35.5. The zero-order valence-corrected chi connectivity index (χ0v) is 12.8. The summed E-state index contributed by atoms with van der Waals surface area (Å²) in [4.78, 5) is 0. The van der Waals surface area contributed by atoms with E-state index in [1.807, 2.05) is 6.07 Å². The summed E-state index contributed by atoms with van der Waals surface area (Å²) < 4.78 is 2.32. The number of hydrogen-bond donors (Lipinski definition) is 1. The number of nitrogens with two attached hydrogens (primary N) is 1. The molecular weight excluding hydrogens is 256 g/mol. The Morgan fingerprint density at radius 1 is 1.26 bits per heavy atom. The maximum Gasteiger partial charge on any atom is 0.0498 e. The Hall–Kier alpha value is -0.990. The van der Waals surface area contributed by atoms with Gasteiger partial charge in [-0.15, -0.1) is 0 Å². The number of hydrogen-bond acceptors (Lipinski definition) is 1. The summed E-state index contributed by atoms with van der Waals surface area (Å²) in [5.41, 5.74) is 8.58. The smallest absolute Gasteiger partial charge is 0.0498 e. The van der Waals surface area contributed by atoms with E-state index in [4.69, 9.17) is 17.3 Å². The van der Waals surface area contributed by atoms with E-state index >= 15 is 0 Å². The molecule has 2 nitrogen and oxygen atoms in total. The van der Waals surface area contributed by atoms with Gasteiger partial charge in [-0.25, -0.2) is 0 Å². The minimum Gasteiger partial charge on any atom is -0.347 e. The van der Waals surface area contributed by atoms with Gasteiger partial charge in [-0.2, -0.15) is 0 Å². The number of fused-ring (bicyclic) bond motifs is 1. The van der Waals surface area contributed by atoms with Gasteiger partial charge in [0.15, 0.2) is 0 Å². The van der Waals surface area contributed by atoms with Crippen LogP contribution in [0.1, 0.15) is 32.8 Å². The van der Waals surface area contributed by atoms with Gasteiger partial charge in [-0.3, -0.25) is 0 Å². The van der Waals surface area contributed by atoms with E-state index < -0.39 is 0 Å². The number of nitrogens with zero attached hydrogens (tertiary/aromatic N) is 1. The van der Waals surface area contributed by atoms with E-state index in [1.165, 1.54) is 16.5 Å². The van der Waals surface area contributed by atoms with Crippen LogP contribution in [-0.4, -0.2) is 11.1 Å². The Balaban J connectivity index is 2.39. The van der Waals surface area contributed by atoms with Gasteiger partial charge < -0.3 is 10.3 Å². The first-order valence-corrected chi connectivity index (χ1v) is 7.26. The molecule has 0 aliphatic carbocycles. The summed E-state index contributed by atoms with van der Waals surface area (Å²) in [7, 11) is 0. The molecule has 2 aromatic rings. The quantitative estimate of drug-likeness (QED) is 0.891. The van der Waals surface area contributed by atoms with Gasteiger partial charge in [0.05, 0.1) is 0 Å². The van der Waals surface area contributed by atoms with Crippen LogP contribution in [0.3, 0.4) is 0 Å². The average Bonchev–Trinajstić information content (AvgIpc) is 2.64. The van der Waals surface area contributed by atoms with Crippen LogP contribution < -0.4 is 5.73 Å². The summed E-state index contributed by atoms with van der Waals surface area (Å²) in [5.74, 6) is 0. The van der Waals surface area contributed by atoms with Crippen LogP contribution >= 0.6 is 11.6 Å². The molecule has 0 unspecified atom stereocenters. The van der Waals surface area contributed by atoms with E-state index in [9.17, 15) is 0 Å². The summed E-state index contributed by atoms with van der Waals surface area (Å²) in [6.07, 6.45) is 4.30. The molecule has 0 bridgehead atoms. The minimum absolute atomic E-state index is 0.337. The molecule has 1 aromatic heterocycles. The minimum atomic E-state index is 0.337. The van der Waals surface area contributed by atoms with Gasteiger partial charge >= 0.3 is 0 Å². The Labute approximate surface area is 120 Å². The van der Waals surface area contributed by atoms with Crippen LogP contribution in [-0.2, 0) is 13.0 Å². The number of benzene rings is 1. The molecule has 2 rings (SSSR count). The van der Waals surface area contributed by atoms with Gasteiger partial charge in [-0.1, -0.05) is 38.4 Å². The first-order chi connectivity index (χ1) is 8.90. The highest BCUT2D eigenvalue weighted by Gasteiger charge is 2.13. The van der Waals surface area contributed by atoms with Gasteiger partial charge in [0.2, 0.25) is 0 Å². The maximum atomic E-state index is 6.13. The van der Waals surface area contributed by atoms with Crippen molar-refractivity contribution in [3.8, 4) is 0 Å². The molecule has 0 fully saturated rings. The molecular formula is C16H23ClN2. The third-order valence-corrected chi connectivity index (χ3v) is 3.68. The average molecular weight is 279 g/mol. The van der Waals surface area contributed by atoms with E-state index in [0.29, 0.717) is 12.0 Å². The third kappa shape index (κ3) is 3.52. The lowest BCUT2D eigenvalue weighted by Gasteiger charge is -2.18. The van der Waals surface area contributed by atoms with Gasteiger partial charge in [0.25, 0.3) is 0 Å². The van der Waals surface area contributed by atoms with Crippen molar-refractivity contribution >= 4 is 22.5 Å². The lowest BCUT2D eigenvalue weighted by atomic mass is 9.92. The van der Waals surface area contributed by atoms with Crippen LogP contribution in [0.15, 0.2) is 24.4 Å². The van der Waals surface area contributed by atoms with Crippen LogP contribution in [0.4, 0.5) is 0 Å². The standard InChI is InChI=1S/C16H23ClN2/c1-16(2,3)7-9-19-11-12(6-8-18)14-5-4-13(17)10-15(14)19/h4-5,10-11H,6-9,18H2,1-3H3. The molecule has 19 heavy (non-hydrogen) atoms. The summed E-state index contributed by atoms with van der Waals surface area (Å²) in [6, 6.07) is 6.12. The molecule has 1 aromatic carbocycles. The van der Waals surface area contributed by atoms with E-state index in [-0.39, 0.29) is 0 Å². The Morgan fingerprint density at radius 2 is 2.00 bits per heavy atom. The van der Waals surface area contributed by atoms with Crippen molar-refractivity contribution in [3.05, 3.63) is 35.0 Å². The molecule has 0 saturated heterocycles. The molecule has 0 aliphatic heterocycles. The van der Waals surface area contributed by atoms with Crippen LogP contribution in [0.25, 0.3) is 10.9 Å². The molecule has 2 N–H and O–H groups in total. The Morgan fingerprint density at radius 3 is 2.63 bits per heavy atom. The fourth-order valence-electron chi connectivity index (χ4n) is 2.34. The number of aromatic nitrogens is 1. The first kappa shape index (κ1) is 14.4. The Kier molecular flexibility index (Phi) is 4.22. The summed E-state index contributed by atoms with van der Waals surface area (Å²) in [6.45, 7) is 8.51. The van der Waals surface area contributed by atoms with E-state index in [2.05, 4.69) is 43.7 Å². The topological polar surface area (TPSA) is 30.9 Å². The summed E-state index contributed by atoms with van der Waals surface area (Å²) >= 11 is 6.13. The largest absolute Gasteiger partial charge is 0.347 e. The predicted octanol–water partition coefficient (Wildman–Crippen LogP) is 4.23. The second kappa shape index (κ2) is 5.56. The number of aryl methyl sites for hydroxylation is 1. The second-order valence-corrected chi connectivity index (χ2v) is 6.79. The van der Waals surface area contributed by atoms with Crippen molar-refractivity contribution in [2.75, 3.05) is 6.54 Å². The van der Waals surface area contributed by atoms with Crippen LogP contribution in [0.2, 0.25) is 5.02 Å². The molecule has 0 spiro atoms.